The maximum atomic E-state index is 5.41. The molecule has 1 fully saturated rings. The van der Waals surface area contributed by atoms with Gasteiger partial charge in [-0.1, -0.05) is 0 Å². The van der Waals surface area contributed by atoms with Crippen LogP contribution in [0.1, 0.15) is 43.5 Å². The topological polar surface area (TPSA) is 18.5 Å². The van der Waals surface area contributed by atoms with Crippen molar-refractivity contribution in [3.63, 3.8) is 0 Å². The van der Waals surface area contributed by atoms with Gasteiger partial charge in [-0.3, -0.25) is 0 Å². The summed E-state index contributed by atoms with van der Waals surface area (Å²) in [6, 6.07) is 31.1. The molecule has 0 amide bonds. The molecule has 2 unspecified atom stereocenters. The first-order valence-electron chi connectivity index (χ1n) is 13.9. The molecule has 4 aromatic carbocycles. The molecule has 0 spiro atoms. The molecule has 0 saturated carbocycles. The minimum absolute atomic E-state index is 0.662. The first-order valence-corrected chi connectivity index (χ1v) is 23.2. The van der Waals surface area contributed by atoms with Crippen molar-refractivity contribution in [2.75, 3.05) is 14.2 Å². The number of rotatable bonds is 6. The van der Waals surface area contributed by atoms with Crippen molar-refractivity contribution in [1.29, 1.82) is 0 Å². The fraction of sp³-hybridized carbons (Fsp3) is 0.222. The third-order valence-electron chi connectivity index (χ3n) is 9.34. The summed E-state index contributed by atoms with van der Waals surface area (Å²) >= 11 is -2.81. The van der Waals surface area contributed by atoms with Crippen molar-refractivity contribution in [3.05, 3.63) is 118 Å². The van der Waals surface area contributed by atoms with Crippen molar-refractivity contribution in [3.8, 4) is 33.8 Å². The summed E-state index contributed by atoms with van der Waals surface area (Å²) in [6.07, 6.45) is 5.03. The van der Waals surface area contributed by atoms with Crippen LogP contribution in [0.4, 0.5) is 0 Å². The van der Waals surface area contributed by atoms with E-state index in [1.165, 1.54) is 41.7 Å². The Morgan fingerprint density at radius 2 is 0.974 bits per heavy atom. The summed E-state index contributed by atoms with van der Waals surface area (Å²) in [5, 5.41) is 0. The van der Waals surface area contributed by atoms with Gasteiger partial charge in [-0.15, -0.1) is 0 Å². The van der Waals surface area contributed by atoms with Crippen molar-refractivity contribution in [1.82, 2.24) is 0 Å². The summed E-state index contributed by atoms with van der Waals surface area (Å²) < 4.78 is 15.1. The zero-order chi connectivity index (χ0) is 26.7. The molecule has 1 aliphatic heterocycles. The average molecular weight is 677 g/mol. The number of benzene rings is 4. The molecule has 4 aromatic rings. The number of fused-ring (bicyclic) bond motifs is 2. The minimum atomic E-state index is -2.81. The van der Waals surface area contributed by atoms with Crippen LogP contribution >= 0.6 is 0 Å². The molecule has 1 heterocycles. The SMILES string of the molecule is COc1ccc(-c2cccc3c2C=C(C)[CH]3[Hf]2([CH]3C(C)=Cc4c(-c5ccc(OC)cc5)cccc43)[CH2][CH2]2)cc1. The number of hydrogen-bond acceptors (Lipinski definition) is 2. The monoisotopic (exact) mass is 678 g/mol. The molecule has 1 saturated heterocycles. The molecule has 7 rings (SSSR count). The van der Waals surface area contributed by atoms with Gasteiger partial charge in [0.2, 0.25) is 0 Å². The van der Waals surface area contributed by atoms with E-state index in [9.17, 15) is 0 Å². The van der Waals surface area contributed by atoms with Crippen LogP contribution in [0.15, 0.2) is 96.1 Å². The van der Waals surface area contributed by atoms with Crippen molar-refractivity contribution in [2.24, 2.45) is 0 Å². The predicted molar refractivity (Wildman–Crippen MR) is 159 cm³/mol. The molecule has 194 valence electrons. The summed E-state index contributed by atoms with van der Waals surface area (Å²) in [7, 11) is 3.46. The van der Waals surface area contributed by atoms with Gasteiger partial charge in [0.15, 0.2) is 0 Å². The Morgan fingerprint density at radius 3 is 1.33 bits per heavy atom. The number of hydrogen-bond donors (Lipinski definition) is 0. The third-order valence-corrected chi connectivity index (χ3v) is 29.0. The molecule has 0 aromatic heterocycles. The second-order valence-corrected chi connectivity index (χ2v) is 28.1. The van der Waals surface area contributed by atoms with Crippen molar-refractivity contribution >= 4 is 12.2 Å². The van der Waals surface area contributed by atoms with Crippen molar-refractivity contribution in [2.45, 2.75) is 29.6 Å². The normalized spacial score (nSPS) is 20.1. The molecule has 39 heavy (non-hydrogen) atoms. The van der Waals surface area contributed by atoms with Gasteiger partial charge in [0.25, 0.3) is 0 Å². The van der Waals surface area contributed by atoms with Gasteiger partial charge < -0.3 is 0 Å². The standard InChI is InChI=1S/2C17H15O.C2H4.Hf/c2*1-12-10-14-4-3-5-16(17(14)11-12)13-6-8-15(18-2)9-7-13;1-2;/h2*3-11H,1-2H3;1-2H2;. The molecular formula is C36H34HfO2. The fourth-order valence-corrected chi connectivity index (χ4v) is 35.8. The number of allylic oxidation sites excluding steroid dienone is 2. The molecule has 2 aliphatic carbocycles. The van der Waals surface area contributed by atoms with Gasteiger partial charge in [-0.25, -0.2) is 0 Å². The molecule has 3 heteroatoms. The average Bonchev–Trinajstić information content (AvgIpc) is 3.55. The Labute approximate surface area is 236 Å². The van der Waals surface area contributed by atoms with Crippen LogP contribution in [0.3, 0.4) is 0 Å². The van der Waals surface area contributed by atoms with Gasteiger partial charge in [0, 0.05) is 0 Å². The molecule has 0 bridgehead atoms. The Hall–Kier alpha value is -3.17. The zero-order valence-corrected chi connectivity index (χ0v) is 26.7. The van der Waals surface area contributed by atoms with E-state index in [0.29, 0.717) is 7.35 Å². The molecule has 2 atom stereocenters. The quantitative estimate of drug-likeness (QED) is 0.189. The Morgan fingerprint density at radius 1 is 0.564 bits per heavy atom. The van der Waals surface area contributed by atoms with Gasteiger partial charge in [0.05, 0.1) is 0 Å². The second kappa shape index (κ2) is 9.48. The summed E-state index contributed by atoms with van der Waals surface area (Å²) in [6.45, 7) is 4.82. The van der Waals surface area contributed by atoms with E-state index in [0.717, 1.165) is 11.5 Å². The van der Waals surface area contributed by atoms with Crippen LogP contribution in [0.5, 0.6) is 11.5 Å². The van der Waals surface area contributed by atoms with E-state index >= 15 is 0 Å². The van der Waals surface area contributed by atoms with Gasteiger partial charge >= 0.3 is 237 Å². The molecule has 3 aliphatic rings. The fourth-order valence-electron chi connectivity index (χ4n) is 7.56. The van der Waals surface area contributed by atoms with Gasteiger partial charge in [-0.05, 0) is 0 Å². The number of methoxy groups -OCH3 is 2. The van der Waals surface area contributed by atoms with E-state index in [1.807, 2.05) is 0 Å². The Balaban J connectivity index is 1.29. The zero-order valence-electron chi connectivity index (χ0n) is 23.1. The molecule has 0 radical (unpaired) electrons. The van der Waals surface area contributed by atoms with Crippen LogP contribution in [0.2, 0.25) is 8.35 Å². The third kappa shape index (κ3) is 3.92. The van der Waals surface area contributed by atoms with Gasteiger partial charge in [-0.2, -0.15) is 0 Å². The van der Waals surface area contributed by atoms with Crippen LogP contribution < -0.4 is 9.47 Å². The van der Waals surface area contributed by atoms with Crippen molar-refractivity contribution < 1.29 is 29.4 Å². The number of ether oxygens (including phenoxy) is 2. The first-order chi connectivity index (χ1) is 19.0. The molecule has 0 N–H and O–H groups in total. The summed E-state index contributed by atoms with van der Waals surface area (Å²) in [5.41, 5.74) is 14.5. The second-order valence-electron chi connectivity index (χ2n) is 11.4. The van der Waals surface area contributed by atoms with E-state index in [1.54, 1.807) is 36.5 Å². The summed E-state index contributed by atoms with van der Waals surface area (Å²) in [4.78, 5) is 0. The first kappa shape index (κ1) is 24.8. The Bertz CT molecular complexity index is 1520. The van der Waals surface area contributed by atoms with Crippen LogP contribution in [-0.4, -0.2) is 14.2 Å². The molecular weight excluding hydrogens is 643 g/mol. The maximum absolute atomic E-state index is 5.41. The molecule has 2 nitrogen and oxygen atoms in total. The summed E-state index contributed by atoms with van der Waals surface area (Å²) in [5.74, 6) is 1.81. The van der Waals surface area contributed by atoms with E-state index in [-0.39, 0.29) is 0 Å². The van der Waals surface area contributed by atoms with Gasteiger partial charge in [0.1, 0.15) is 0 Å². The van der Waals surface area contributed by atoms with Crippen LogP contribution in [-0.2, 0) is 20.0 Å². The van der Waals surface area contributed by atoms with Crippen LogP contribution in [0, 0.1) is 0 Å². The van der Waals surface area contributed by atoms with E-state index in [2.05, 4.69) is 111 Å². The van der Waals surface area contributed by atoms with Crippen LogP contribution in [0.25, 0.3) is 34.4 Å². The van der Waals surface area contributed by atoms with E-state index in [4.69, 9.17) is 9.47 Å². The van der Waals surface area contributed by atoms with E-state index < -0.39 is 20.0 Å². The Kier molecular flexibility index (Phi) is 6.04. The predicted octanol–water partition coefficient (Wildman–Crippen LogP) is 9.66.